The van der Waals surface area contributed by atoms with Crippen molar-refractivity contribution in [3.05, 3.63) is 33.4 Å². The first kappa shape index (κ1) is 36.7. The summed E-state index contributed by atoms with van der Waals surface area (Å²) in [6.07, 6.45) is 0. The Morgan fingerprint density at radius 1 is 0.226 bits per heavy atom. The van der Waals surface area contributed by atoms with Crippen LogP contribution in [0, 0.1) is 10.8 Å². The maximum absolute atomic E-state index is 16.6. The van der Waals surface area contributed by atoms with Gasteiger partial charge in [-0.05, 0) is 355 Å². The topological polar surface area (TPSA) is 105 Å². The van der Waals surface area contributed by atoms with E-state index in [0.717, 1.165) is 87.6 Å². The number of benzene rings is 16. The minimum Gasteiger partial charge on any atom is -0.465 e. The second-order valence-corrected chi connectivity index (χ2v) is 28.4. The summed E-state index contributed by atoms with van der Waals surface area (Å²) in [6.45, 7) is 11.6. The number of carbonyl (C=O) groups is 4. The number of rotatable bonds is 10. The molecule has 8 heteroatoms. The molecule has 0 fully saturated rings. The van der Waals surface area contributed by atoms with Crippen molar-refractivity contribution in [3.63, 3.8) is 0 Å². The molecule has 2 atom stereocenters. The zero-order valence-corrected chi connectivity index (χ0v) is 45.1. The predicted octanol–water partition coefficient (Wildman–Crippen LogP) is 17.2. The van der Waals surface area contributed by atoms with Crippen LogP contribution in [0.15, 0.2) is 0 Å². The van der Waals surface area contributed by atoms with Crippen molar-refractivity contribution in [3.8, 4) is 11.1 Å². The summed E-state index contributed by atoms with van der Waals surface area (Å²) in [5, 5.41) is 65.1. The average Bonchev–Trinajstić information content (AvgIpc) is 1.38. The van der Waals surface area contributed by atoms with E-state index in [-0.39, 0.29) is 26.4 Å². The van der Waals surface area contributed by atoms with E-state index in [1.807, 2.05) is 41.5 Å². The van der Waals surface area contributed by atoms with E-state index in [0.29, 0.717) is 0 Å². The van der Waals surface area contributed by atoms with Crippen molar-refractivity contribution >= 4 is 293 Å². The fourth-order valence-electron chi connectivity index (χ4n) is 26.6. The smallest absolute Gasteiger partial charge is 0.324 e. The quantitative estimate of drug-likeness (QED) is 0.0577. The van der Waals surface area contributed by atoms with Gasteiger partial charge in [-0.2, -0.15) is 0 Å². The summed E-state index contributed by atoms with van der Waals surface area (Å²) in [4.78, 5) is 66.3. The molecule has 0 radical (unpaired) electrons. The van der Waals surface area contributed by atoms with Gasteiger partial charge in [0.1, 0.15) is 0 Å². The monoisotopic (exact) mass is 1070 g/mol. The Morgan fingerprint density at radius 3 is 0.548 bits per heavy atom. The number of ether oxygens (including phenoxy) is 4. The molecule has 0 amide bonds. The Labute approximate surface area is 463 Å². The minimum atomic E-state index is -1.95. The van der Waals surface area contributed by atoms with Crippen molar-refractivity contribution < 1.29 is 38.1 Å². The molecular formula is C76H26O8. The van der Waals surface area contributed by atoms with E-state index in [1.54, 1.807) is 0 Å². The highest BCUT2D eigenvalue weighted by molar-refractivity contribution is 6.80. The SMILES string of the molecule is CCOC(=O)C(C)(C(=O)OCC)C12c3c4c5c6c7c8c9c%10c%11c%12c(c-4c4c1c1c%13c2c2c%14c3c5c3c7c5c7c8c8c%10c%10c%11c%11c(c4%12)c1c1c4c%13c%12c2c2c%14c3c5c3c2c2c%12c4c4c(c1%11)c%10c1c8c7c3c2c14)C69C(C)(C(=O)OCC)C(=O)OCC. The Bertz CT molecular complexity index is 7400. The molecule has 6 aliphatic carbocycles. The van der Waals surface area contributed by atoms with Crippen molar-refractivity contribution in [1.29, 1.82) is 0 Å². The first-order valence-corrected chi connectivity index (χ1v) is 30.6. The third-order valence-electron chi connectivity index (χ3n) is 27.5. The molecular weight excluding hydrogens is 1040 g/mol. The van der Waals surface area contributed by atoms with Crippen LogP contribution in [0.5, 0.6) is 0 Å². The molecule has 0 saturated carbocycles. The van der Waals surface area contributed by atoms with Gasteiger partial charge in [0.2, 0.25) is 0 Å². The van der Waals surface area contributed by atoms with Gasteiger partial charge in [-0.15, -0.1) is 0 Å². The van der Waals surface area contributed by atoms with Crippen LogP contribution in [-0.2, 0) is 49.0 Å². The second kappa shape index (κ2) is 8.84. The molecule has 0 heterocycles. The fourth-order valence-corrected chi connectivity index (χ4v) is 26.6. The van der Waals surface area contributed by atoms with Gasteiger partial charge in [-0.3, -0.25) is 19.2 Å². The van der Waals surface area contributed by atoms with Crippen LogP contribution >= 0.6 is 0 Å². The van der Waals surface area contributed by atoms with Gasteiger partial charge in [0.15, 0.2) is 10.8 Å². The van der Waals surface area contributed by atoms with Crippen LogP contribution in [0.1, 0.15) is 74.9 Å². The first-order valence-electron chi connectivity index (χ1n) is 30.6. The van der Waals surface area contributed by atoms with Crippen molar-refractivity contribution in [2.75, 3.05) is 26.4 Å². The number of hydrogen-bond donors (Lipinski definition) is 0. The van der Waals surface area contributed by atoms with E-state index in [2.05, 4.69) is 0 Å². The lowest BCUT2D eigenvalue weighted by molar-refractivity contribution is -0.176. The average molecular weight is 1070 g/mol. The summed E-state index contributed by atoms with van der Waals surface area (Å²) < 4.78 is 26.1. The molecule has 0 saturated heterocycles. The van der Waals surface area contributed by atoms with Crippen LogP contribution < -0.4 is 0 Å². The lowest BCUT2D eigenvalue weighted by atomic mass is 9.48. The highest BCUT2D eigenvalue weighted by atomic mass is 16.6. The van der Waals surface area contributed by atoms with E-state index in [1.165, 1.54) is 226 Å². The number of esters is 4. The van der Waals surface area contributed by atoms with Crippen LogP contribution in [0.4, 0.5) is 0 Å². The third-order valence-corrected chi connectivity index (χ3v) is 27.5. The molecule has 26 aromatic carbocycles. The fraction of sp³-hybridized carbons (Fsp3) is 0.184. The van der Waals surface area contributed by atoms with E-state index < -0.39 is 45.5 Å². The van der Waals surface area contributed by atoms with Gasteiger partial charge < -0.3 is 18.9 Å². The molecule has 32 rings (SSSR count). The van der Waals surface area contributed by atoms with Gasteiger partial charge >= 0.3 is 23.9 Å². The maximum Gasteiger partial charge on any atom is 0.324 e. The van der Waals surface area contributed by atoms with Crippen LogP contribution in [0.25, 0.3) is 280 Å². The standard InChI is InChI=1S/C76H26O8/c1-7-81-69(77)73(5,70(78)82-8-2)75-63-51-41-33-19-15-14-12-11-13-16-20-18(11)26-22(14)30-32-24(15)27-35(33)47(51)53-49-40(27)46(32)58-56-44(30)38(26)42-34(20)36-28-23(16)31-29-21(13)25(17(12)19)37(41)43(29)55(63)57-45(31)39(28)50-54-48(36)52(42)64(56)76(74(6,71(79)83-9-3)72(80)84-10-4)66(54)62(59(50)67(57)75)61(65(53)75)60(49)68(58)76/h7-10H2,1-6H3. The molecule has 378 valence electrons. The Kier molecular flexibility index (Phi) is 3.87. The molecule has 84 heavy (non-hydrogen) atoms. The molecule has 26 aromatic rings. The highest BCUT2D eigenvalue weighted by Crippen LogP contribution is 2.87. The van der Waals surface area contributed by atoms with E-state index in [9.17, 15) is 0 Å². The van der Waals surface area contributed by atoms with Crippen LogP contribution in [0.3, 0.4) is 0 Å². The molecule has 0 aliphatic heterocycles. The Hall–Kier alpha value is -9.66. The molecule has 0 aromatic heterocycles. The Morgan fingerprint density at radius 2 is 0.357 bits per heavy atom. The van der Waals surface area contributed by atoms with E-state index >= 15 is 19.2 Å². The zero-order chi connectivity index (χ0) is 53.5. The van der Waals surface area contributed by atoms with Crippen molar-refractivity contribution in [1.82, 2.24) is 0 Å². The molecule has 2 unspecified atom stereocenters. The Balaban J connectivity index is 1.11. The summed E-state index contributed by atoms with van der Waals surface area (Å²) in [6, 6.07) is 0. The normalized spacial score (nSPS) is 20.3. The molecule has 0 N–H and O–H groups in total. The summed E-state index contributed by atoms with van der Waals surface area (Å²) in [5.41, 5.74) is 1.54. The minimum absolute atomic E-state index is 0.0836. The number of carbonyl (C=O) groups excluding carboxylic acids is 4. The molecule has 6 aliphatic rings. The van der Waals surface area contributed by atoms with Gasteiger partial charge in [0, 0.05) is 0 Å². The van der Waals surface area contributed by atoms with Gasteiger partial charge in [-0.1, -0.05) is 0 Å². The lowest BCUT2D eigenvalue weighted by Crippen LogP contribution is -2.58. The van der Waals surface area contributed by atoms with Crippen LogP contribution in [-0.4, -0.2) is 50.3 Å². The maximum atomic E-state index is 16.6. The number of hydrogen-bond acceptors (Lipinski definition) is 8. The van der Waals surface area contributed by atoms with Gasteiger partial charge in [0.25, 0.3) is 0 Å². The van der Waals surface area contributed by atoms with Gasteiger partial charge in [0.05, 0.1) is 37.3 Å². The second-order valence-electron chi connectivity index (χ2n) is 28.4. The van der Waals surface area contributed by atoms with Crippen LogP contribution in [0.2, 0.25) is 0 Å². The van der Waals surface area contributed by atoms with Crippen molar-refractivity contribution in [2.24, 2.45) is 10.8 Å². The summed E-state index contributed by atoms with van der Waals surface area (Å²) >= 11 is 0. The third kappa shape index (κ3) is 2.12. The predicted molar refractivity (Wildman–Crippen MR) is 334 cm³/mol. The van der Waals surface area contributed by atoms with E-state index in [4.69, 9.17) is 18.9 Å². The lowest BCUT2D eigenvalue weighted by Gasteiger charge is -2.51. The zero-order valence-electron chi connectivity index (χ0n) is 45.1. The molecule has 0 spiro atoms. The van der Waals surface area contributed by atoms with Crippen molar-refractivity contribution in [2.45, 2.75) is 52.4 Å². The van der Waals surface area contributed by atoms with Gasteiger partial charge in [-0.25, -0.2) is 0 Å². The molecule has 0 bridgehead atoms. The first-order chi connectivity index (χ1) is 41.2. The summed E-state index contributed by atoms with van der Waals surface area (Å²) in [7, 11) is 0. The highest BCUT2D eigenvalue weighted by Gasteiger charge is 2.76. The molecule has 8 nitrogen and oxygen atoms in total. The largest absolute Gasteiger partial charge is 0.465 e. The summed E-state index contributed by atoms with van der Waals surface area (Å²) in [5.74, 6) is -2.30.